The second-order valence-electron chi connectivity index (χ2n) is 6.42. The molecule has 0 heterocycles. The number of nitrogens with zero attached hydrogens (tertiary/aromatic N) is 1. The highest BCUT2D eigenvalue weighted by Crippen LogP contribution is 2.15. The Labute approximate surface area is 165 Å². The molecule has 1 rings (SSSR count). The molecule has 0 fully saturated rings. The third-order valence-electron chi connectivity index (χ3n) is 4.14. The van der Waals surface area contributed by atoms with E-state index in [4.69, 9.17) is 5.41 Å². The molecule has 0 aromatic rings. The van der Waals surface area contributed by atoms with Gasteiger partial charge in [-0.3, -0.25) is 5.41 Å². The highest BCUT2D eigenvalue weighted by atomic mass is 14.8. The Hall–Kier alpha value is -2.74. The predicted octanol–water partition coefficient (Wildman–Crippen LogP) is 7.23. The lowest BCUT2D eigenvalue weighted by Crippen LogP contribution is -2.00. The zero-order valence-corrected chi connectivity index (χ0v) is 17.0. The summed E-state index contributed by atoms with van der Waals surface area (Å²) < 4.78 is 0. The number of amidine groups is 1. The zero-order chi connectivity index (χ0) is 20.1. The van der Waals surface area contributed by atoms with Crippen LogP contribution in [0.1, 0.15) is 46.5 Å². The molecule has 0 unspecified atom stereocenters. The van der Waals surface area contributed by atoms with E-state index in [1.54, 1.807) is 6.08 Å². The molecule has 0 bridgehead atoms. The maximum Gasteiger partial charge on any atom is 0.151 e. The van der Waals surface area contributed by atoms with E-state index in [-0.39, 0.29) is 5.84 Å². The second-order valence-corrected chi connectivity index (χ2v) is 6.42. The maximum absolute atomic E-state index is 8.10. The second kappa shape index (κ2) is 12.6. The Kier molecular flexibility index (Phi) is 10.4. The quantitative estimate of drug-likeness (QED) is 0.256. The minimum atomic E-state index is 0.242. The van der Waals surface area contributed by atoms with Crippen LogP contribution in [0.15, 0.2) is 101 Å². The average Bonchev–Trinajstić information content (AvgIpc) is 2.66. The van der Waals surface area contributed by atoms with Crippen molar-refractivity contribution in [2.24, 2.45) is 4.99 Å². The molecule has 0 spiro atoms. The normalized spacial score (nSPS) is 16.5. The van der Waals surface area contributed by atoms with Crippen molar-refractivity contribution in [2.75, 3.05) is 0 Å². The molecule has 2 nitrogen and oxygen atoms in total. The molecule has 0 aromatic carbocycles. The number of hydrogen-bond acceptors (Lipinski definition) is 1. The summed E-state index contributed by atoms with van der Waals surface area (Å²) in [4.78, 5) is 4.37. The van der Waals surface area contributed by atoms with Crippen LogP contribution >= 0.6 is 0 Å². The summed E-state index contributed by atoms with van der Waals surface area (Å²) >= 11 is 0. The van der Waals surface area contributed by atoms with E-state index in [0.717, 1.165) is 48.1 Å². The molecule has 0 saturated carbocycles. The molecule has 142 valence electrons. The van der Waals surface area contributed by atoms with Gasteiger partial charge in [0.05, 0.1) is 0 Å². The monoisotopic (exact) mass is 360 g/mol. The Balaban J connectivity index is 2.82. The molecule has 0 saturated heterocycles. The van der Waals surface area contributed by atoms with Crippen molar-refractivity contribution in [2.45, 2.75) is 46.5 Å². The first-order valence-electron chi connectivity index (χ1n) is 9.52. The molecule has 1 aliphatic rings. The Bertz CT molecular complexity index is 762. The van der Waals surface area contributed by atoms with Crippen LogP contribution in [-0.2, 0) is 0 Å². The first-order valence-corrected chi connectivity index (χ1v) is 9.52. The molecule has 0 atom stereocenters. The Morgan fingerprint density at radius 3 is 2.52 bits per heavy atom. The smallest absolute Gasteiger partial charge is 0.151 e. The van der Waals surface area contributed by atoms with E-state index in [0.29, 0.717) is 0 Å². The standard InChI is InChI=1S/C25H32N2/c1-6-14-24(8-3)25(26)27-21(5)19-20(4)23(7-2)18-13-12-17-22-15-10-9-11-16-22/h7-8,10,12-16,18-19,26H,2-3,6,9,11,17H2,1,4-5H3/b13-12-,20-19+,23-18+,24-14-,26-25?,27-21-. The fourth-order valence-corrected chi connectivity index (χ4v) is 2.72. The van der Waals surface area contributed by atoms with Gasteiger partial charge < -0.3 is 0 Å². The van der Waals surface area contributed by atoms with Crippen molar-refractivity contribution in [3.05, 3.63) is 96.2 Å². The topological polar surface area (TPSA) is 36.2 Å². The van der Waals surface area contributed by atoms with Gasteiger partial charge in [-0.2, -0.15) is 0 Å². The van der Waals surface area contributed by atoms with E-state index < -0.39 is 0 Å². The van der Waals surface area contributed by atoms with Crippen LogP contribution < -0.4 is 0 Å². The molecule has 2 heteroatoms. The third-order valence-corrected chi connectivity index (χ3v) is 4.14. The molecule has 0 radical (unpaired) electrons. The summed E-state index contributed by atoms with van der Waals surface area (Å²) in [5.41, 5.74) is 5.04. The van der Waals surface area contributed by atoms with Gasteiger partial charge in [-0.1, -0.05) is 74.8 Å². The van der Waals surface area contributed by atoms with Gasteiger partial charge in [0, 0.05) is 11.3 Å². The molecule has 1 aliphatic carbocycles. The van der Waals surface area contributed by atoms with Crippen molar-refractivity contribution in [3.8, 4) is 0 Å². The number of rotatable bonds is 9. The van der Waals surface area contributed by atoms with Crippen LogP contribution in [0.4, 0.5) is 0 Å². The summed E-state index contributed by atoms with van der Waals surface area (Å²) in [6.07, 6.45) is 24.6. The van der Waals surface area contributed by atoms with Crippen LogP contribution in [0, 0.1) is 5.41 Å². The lowest BCUT2D eigenvalue weighted by atomic mass is 10.0. The van der Waals surface area contributed by atoms with Crippen molar-refractivity contribution < 1.29 is 0 Å². The lowest BCUT2D eigenvalue weighted by molar-refractivity contribution is 1.00. The van der Waals surface area contributed by atoms with Gasteiger partial charge in [-0.05, 0) is 62.3 Å². The minimum Gasteiger partial charge on any atom is -0.282 e. The number of allylic oxidation sites excluding steroid dienone is 12. The molecular weight excluding hydrogens is 328 g/mol. The number of aliphatic imine (C=N–C) groups is 1. The van der Waals surface area contributed by atoms with Crippen LogP contribution in [0.2, 0.25) is 0 Å². The third kappa shape index (κ3) is 8.46. The summed E-state index contributed by atoms with van der Waals surface area (Å²) in [5.74, 6) is 0.242. The van der Waals surface area contributed by atoms with E-state index >= 15 is 0 Å². The van der Waals surface area contributed by atoms with E-state index in [1.807, 2.05) is 39.0 Å². The fraction of sp³-hybridized carbons (Fsp3) is 0.280. The molecular formula is C25H32N2. The summed E-state index contributed by atoms with van der Waals surface area (Å²) in [5, 5.41) is 8.10. The van der Waals surface area contributed by atoms with Crippen LogP contribution in [0.5, 0.6) is 0 Å². The van der Waals surface area contributed by atoms with Gasteiger partial charge in [0.2, 0.25) is 0 Å². The summed E-state index contributed by atoms with van der Waals surface area (Å²) in [7, 11) is 0. The Morgan fingerprint density at radius 2 is 1.93 bits per heavy atom. The number of hydrogen-bond donors (Lipinski definition) is 1. The lowest BCUT2D eigenvalue weighted by Gasteiger charge is -2.04. The molecule has 0 aliphatic heterocycles. The molecule has 27 heavy (non-hydrogen) atoms. The Morgan fingerprint density at radius 1 is 1.19 bits per heavy atom. The average molecular weight is 361 g/mol. The van der Waals surface area contributed by atoms with Crippen LogP contribution in [0.3, 0.4) is 0 Å². The highest BCUT2D eigenvalue weighted by Gasteiger charge is 2.01. The van der Waals surface area contributed by atoms with Crippen molar-refractivity contribution in [3.63, 3.8) is 0 Å². The van der Waals surface area contributed by atoms with Gasteiger partial charge in [0.25, 0.3) is 0 Å². The largest absolute Gasteiger partial charge is 0.282 e. The predicted molar refractivity (Wildman–Crippen MR) is 122 cm³/mol. The van der Waals surface area contributed by atoms with Crippen molar-refractivity contribution in [1.29, 1.82) is 5.41 Å². The van der Waals surface area contributed by atoms with Gasteiger partial charge in [-0.25, -0.2) is 4.99 Å². The summed E-state index contributed by atoms with van der Waals surface area (Å²) in [6.45, 7) is 13.6. The molecule has 0 amide bonds. The maximum atomic E-state index is 8.10. The van der Waals surface area contributed by atoms with Gasteiger partial charge in [0.15, 0.2) is 5.84 Å². The first kappa shape index (κ1) is 22.3. The minimum absolute atomic E-state index is 0.242. The first-order chi connectivity index (χ1) is 13.0. The number of nitrogens with one attached hydrogen (secondary N) is 1. The van der Waals surface area contributed by atoms with E-state index in [2.05, 4.69) is 54.6 Å². The SMILES string of the molecule is C=C/C(=C/CC)C(=N)\N=C(C)/C=C(C)/C(C=C)=C/C=C\CC1=CCCC=C1. The van der Waals surface area contributed by atoms with Crippen LogP contribution in [0.25, 0.3) is 0 Å². The fourth-order valence-electron chi connectivity index (χ4n) is 2.72. The van der Waals surface area contributed by atoms with Crippen molar-refractivity contribution >= 4 is 11.5 Å². The summed E-state index contributed by atoms with van der Waals surface area (Å²) in [6, 6.07) is 0. The van der Waals surface area contributed by atoms with E-state index in [1.165, 1.54) is 5.57 Å². The molecule has 0 aromatic heterocycles. The van der Waals surface area contributed by atoms with Gasteiger partial charge in [-0.15, -0.1) is 0 Å². The highest BCUT2D eigenvalue weighted by molar-refractivity contribution is 6.09. The van der Waals surface area contributed by atoms with Gasteiger partial charge in [0.1, 0.15) is 0 Å². The van der Waals surface area contributed by atoms with Crippen molar-refractivity contribution in [1.82, 2.24) is 0 Å². The van der Waals surface area contributed by atoms with E-state index in [9.17, 15) is 0 Å². The molecule has 1 N–H and O–H groups in total. The zero-order valence-electron chi connectivity index (χ0n) is 17.0. The van der Waals surface area contributed by atoms with Gasteiger partial charge >= 0.3 is 0 Å². The van der Waals surface area contributed by atoms with Crippen LogP contribution in [-0.4, -0.2) is 11.5 Å².